The van der Waals surface area contributed by atoms with E-state index in [2.05, 4.69) is 33.4 Å². The Morgan fingerprint density at radius 1 is 1.52 bits per heavy atom. The van der Waals surface area contributed by atoms with Crippen LogP contribution in [0.4, 0.5) is 0 Å². The number of ether oxygens (including phenoxy) is 1. The molecule has 0 spiro atoms. The predicted molar refractivity (Wildman–Crippen MR) is 94.4 cm³/mol. The summed E-state index contributed by atoms with van der Waals surface area (Å²) >= 11 is 7.09. The molecule has 114 valence electrons. The van der Waals surface area contributed by atoms with Gasteiger partial charge in [0.05, 0.1) is 28.3 Å². The topological polar surface area (TPSA) is 50.7 Å². The van der Waals surface area contributed by atoms with Crippen molar-refractivity contribution in [1.29, 1.82) is 0 Å². The van der Waals surface area contributed by atoms with Gasteiger partial charge in [-0.05, 0) is 46.6 Å². The number of thioether (sulfide) groups is 2. The van der Waals surface area contributed by atoms with Crippen LogP contribution < -0.4 is 10.2 Å². The molecule has 0 atom stereocenters. The van der Waals surface area contributed by atoms with E-state index in [0.29, 0.717) is 6.42 Å². The summed E-state index contributed by atoms with van der Waals surface area (Å²) < 4.78 is 6.00. The summed E-state index contributed by atoms with van der Waals surface area (Å²) in [6, 6.07) is 5.61. The lowest BCUT2D eigenvalue weighted by molar-refractivity contribution is -0.121. The average Bonchev–Trinajstić information content (AvgIpc) is 2.85. The lowest BCUT2D eigenvalue weighted by Gasteiger charge is -2.19. The first kappa shape index (κ1) is 16.7. The molecule has 1 amide bonds. The van der Waals surface area contributed by atoms with Gasteiger partial charge in [-0.1, -0.05) is 0 Å². The van der Waals surface area contributed by atoms with Crippen LogP contribution in [-0.4, -0.2) is 34.8 Å². The van der Waals surface area contributed by atoms with E-state index in [1.807, 2.05) is 41.7 Å². The van der Waals surface area contributed by atoms with Gasteiger partial charge in [0.25, 0.3) is 0 Å². The van der Waals surface area contributed by atoms with Gasteiger partial charge in [-0.15, -0.1) is 23.5 Å². The number of amides is 1. The molecule has 0 aliphatic carbocycles. The minimum atomic E-state index is -0.0526. The zero-order chi connectivity index (χ0) is 15.3. The van der Waals surface area contributed by atoms with Crippen LogP contribution in [0.3, 0.4) is 0 Å². The average molecular weight is 389 g/mol. The molecule has 7 heteroatoms. The third kappa shape index (κ3) is 4.93. The number of methoxy groups -OCH3 is 1. The van der Waals surface area contributed by atoms with Crippen LogP contribution in [-0.2, 0) is 4.79 Å². The minimum absolute atomic E-state index is 0.0112. The number of halogens is 1. The van der Waals surface area contributed by atoms with Crippen molar-refractivity contribution in [1.82, 2.24) is 5.43 Å². The molecule has 1 heterocycles. The molecular formula is C14H17BrN2O2S2. The highest BCUT2D eigenvalue weighted by Crippen LogP contribution is 2.45. The predicted octanol–water partition coefficient (Wildman–Crippen LogP) is 3.49. The highest BCUT2D eigenvalue weighted by Gasteiger charge is 2.32. The Morgan fingerprint density at radius 2 is 2.24 bits per heavy atom. The molecule has 0 radical (unpaired) electrons. The van der Waals surface area contributed by atoms with Gasteiger partial charge in [-0.3, -0.25) is 4.79 Å². The number of hydrazone groups is 1. The van der Waals surface area contributed by atoms with Gasteiger partial charge in [0.2, 0.25) is 5.91 Å². The zero-order valence-corrected chi connectivity index (χ0v) is 15.1. The summed E-state index contributed by atoms with van der Waals surface area (Å²) in [7, 11) is 1.62. The van der Waals surface area contributed by atoms with E-state index in [1.54, 1.807) is 13.3 Å². The fourth-order valence-corrected chi connectivity index (χ4v) is 5.32. The van der Waals surface area contributed by atoms with E-state index in [1.165, 1.54) is 0 Å². The fraction of sp³-hybridized carbons (Fsp3) is 0.429. The van der Waals surface area contributed by atoms with Gasteiger partial charge < -0.3 is 4.74 Å². The Kier molecular flexibility index (Phi) is 6.01. The highest BCUT2D eigenvalue weighted by atomic mass is 79.9. The monoisotopic (exact) mass is 388 g/mol. The maximum atomic E-state index is 11.9. The van der Waals surface area contributed by atoms with Crippen LogP contribution in [0.2, 0.25) is 0 Å². The zero-order valence-electron chi connectivity index (χ0n) is 11.9. The van der Waals surface area contributed by atoms with Crippen LogP contribution in [0.1, 0.15) is 18.9 Å². The fourth-order valence-electron chi connectivity index (χ4n) is 1.93. The van der Waals surface area contributed by atoms with Crippen LogP contribution in [0.5, 0.6) is 5.75 Å². The van der Waals surface area contributed by atoms with Crippen molar-refractivity contribution in [2.24, 2.45) is 5.10 Å². The van der Waals surface area contributed by atoms with Crippen LogP contribution in [0, 0.1) is 0 Å². The Hall–Kier alpha value is -0.660. The molecule has 0 bridgehead atoms. The molecule has 0 unspecified atom stereocenters. The lowest BCUT2D eigenvalue weighted by atomic mass is 10.2. The standard InChI is InChI=1S/C14H17BrN2O2S2/c1-14(20-5-6-21-14)8-13(18)17-16-9-10-3-4-12(19-2)11(15)7-10/h3-4,7,9H,5-6,8H2,1-2H3,(H,17,18)/b16-9-. The summed E-state index contributed by atoms with van der Waals surface area (Å²) in [5.74, 6) is 2.93. The SMILES string of the molecule is COc1ccc(/C=N\NC(=O)CC2(C)SCCS2)cc1Br. The Bertz CT molecular complexity index is 546. The van der Waals surface area contributed by atoms with E-state index in [4.69, 9.17) is 4.74 Å². The number of benzene rings is 1. The second-order valence-electron chi connectivity index (χ2n) is 4.69. The Balaban J connectivity index is 1.87. The van der Waals surface area contributed by atoms with Crippen LogP contribution >= 0.6 is 39.5 Å². The van der Waals surface area contributed by atoms with Gasteiger partial charge in [-0.25, -0.2) is 5.43 Å². The van der Waals surface area contributed by atoms with Crippen LogP contribution in [0.25, 0.3) is 0 Å². The molecule has 1 fully saturated rings. The molecule has 0 aromatic heterocycles. The van der Waals surface area contributed by atoms with E-state index in [0.717, 1.165) is 27.3 Å². The van der Waals surface area contributed by atoms with Gasteiger partial charge in [0, 0.05) is 11.5 Å². The Labute approximate surface area is 141 Å². The second-order valence-corrected chi connectivity index (χ2v) is 9.00. The Morgan fingerprint density at radius 3 is 2.86 bits per heavy atom. The molecular weight excluding hydrogens is 372 g/mol. The van der Waals surface area contributed by atoms with Crippen molar-refractivity contribution in [3.63, 3.8) is 0 Å². The summed E-state index contributed by atoms with van der Waals surface area (Å²) in [6.45, 7) is 2.11. The van der Waals surface area contributed by atoms with Crippen molar-refractivity contribution in [2.45, 2.75) is 17.4 Å². The molecule has 0 saturated carbocycles. The smallest absolute Gasteiger partial charge is 0.242 e. The summed E-state index contributed by atoms with van der Waals surface area (Å²) in [5, 5.41) is 4.01. The number of hydrogen-bond acceptors (Lipinski definition) is 5. The third-order valence-corrected chi connectivity index (χ3v) is 6.87. The third-order valence-electron chi connectivity index (χ3n) is 2.96. The van der Waals surface area contributed by atoms with Crippen LogP contribution in [0.15, 0.2) is 27.8 Å². The molecule has 1 aliphatic rings. The summed E-state index contributed by atoms with van der Waals surface area (Å²) in [6.07, 6.45) is 2.10. The van der Waals surface area contributed by atoms with Crippen molar-refractivity contribution < 1.29 is 9.53 Å². The van der Waals surface area contributed by atoms with Crippen molar-refractivity contribution in [3.8, 4) is 5.75 Å². The number of nitrogens with zero attached hydrogens (tertiary/aromatic N) is 1. The number of hydrogen-bond donors (Lipinski definition) is 1. The second kappa shape index (κ2) is 7.56. The summed E-state index contributed by atoms with van der Waals surface area (Å²) in [5.41, 5.74) is 3.48. The normalized spacial score (nSPS) is 17.1. The van der Waals surface area contributed by atoms with Crippen molar-refractivity contribution in [3.05, 3.63) is 28.2 Å². The number of carbonyl (C=O) groups excluding carboxylic acids is 1. The first-order valence-electron chi connectivity index (χ1n) is 6.46. The van der Waals surface area contributed by atoms with Gasteiger partial charge >= 0.3 is 0 Å². The maximum Gasteiger partial charge on any atom is 0.242 e. The van der Waals surface area contributed by atoms with Gasteiger partial charge in [-0.2, -0.15) is 5.10 Å². The number of nitrogens with one attached hydrogen (secondary N) is 1. The molecule has 4 nitrogen and oxygen atoms in total. The first-order chi connectivity index (χ1) is 10.0. The van der Waals surface area contributed by atoms with E-state index in [9.17, 15) is 4.79 Å². The first-order valence-corrected chi connectivity index (χ1v) is 9.22. The largest absolute Gasteiger partial charge is 0.496 e. The van der Waals surface area contributed by atoms with E-state index in [-0.39, 0.29) is 9.99 Å². The number of rotatable bonds is 5. The number of carbonyl (C=O) groups is 1. The minimum Gasteiger partial charge on any atom is -0.496 e. The quantitative estimate of drug-likeness (QED) is 0.619. The lowest BCUT2D eigenvalue weighted by Crippen LogP contribution is -2.26. The molecule has 1 N–H and O–H groups in total. The van der Waals surface area contributed by atoms with Crippen molar-refractivity contribution in [2.75, 3.05) is 18.6 Å². The molecule has 1 aromatic carbocycles. The van der Waals surface area contributed by atoms with Gasteiger partial charge in [0.1, 0.15) is 5.75 Å². The molecule has 1 saturated heterocycles. The molecule has 1 aliphatic heterocycles. The van der Waals surface area contributed by atoms with E-state index < -0.39 is 0 Å². The van der Waals surface area contributed by atoms with Gasteiger partial charge in [0.15, 0.2) is 0 Å². The molecule has 21 heavy (non-hydrogen) atoms. The molecule has 2 rings (SSSR count). The summed E-state index contributed by atoms with van der Waals surface area (Å²) in [4.78, 5) is 11.9. The maximum absolute atomic E-state index is 11.9. The highest BCUT2D eigenvalue weighted by molar-refractivity contribution is 9.10. The van der Waals surface area contributed by atoms with Crippen molar-refractivity contribution >= 4 is 51.6 Å². The molecule has 1 aromatic rings. The van der Waals surface area contributed by atoms with E-state index >= 15 is 0 Å².